The predicted molar refractivity (Wildman–Crippen MR) is 40.5 cm³/mol. The Morgan fingerprint density at radius 1 is 1.67 bits per heavy atom. The van der Waals surface area contributed by atoms with E-state index in [9.17, 15) is 0 Å². The van der Waals surface area contributed by atoms with Gasteiger partial charge in [-0.3, -0.25) is 5.26 Å². The Morgan fingerprint density at radius 2 is 2.22 bits per heavy atom. The summed E-state index contributed by atoms with van der Waals surface area (Å²) < 4.78 is 0. The summed E-state index contributed by atoms with van der Waals surface area (Å²) in [6, 6.07) is 0. The van der Waals surface area contributed by atoms with E-state index in [2.05, 4.69) is 18.7 Å². The van der Waals surface area contributed by atoms with Gasteiger partial charge in [-0.25, -0.2) is 4.89 Å². The quantitative estimate of drug-likeness (QED) is 0.378. The SMILES string of the molecule is CCC(C)C(OO)SC. The molecule has 0 spiro atoms. The summed E-state index contributed by atoms with van der Waals surface area (Å²) in [5, 5.41) is 8.31. The molecule has 0 aliphatic carbocycles. The molecule has 9 heavy (non-hydrogen) atoms. The molecule has 0 rings (SSSR count). The van der Waals surface area contributed by atoms with Crippen LogP contribution in [0.2, 0.25) is 0 Å². The van der Waals surface area contributed by atoms with Crippen LogP contribution in [0.5, 0.6) is 0 Å². The minimum Gasteiger partial charge on any atom is -0.251 e. The molecule has 2 nitrogen and oxygen atoms in total. The summed E-state index contributed by atoms with van der Waals surface area (Å²) in [6.45, 7) is 4.13. The molecule has 56 valence electrons. The maximum Gasteiger partial charge on any atom is 0.140 e. The molecule has 0 heterocycles. The molecule has 2 atom stereocenters. The predicted octanol–water partition coefficient (Wildman–Crippen LogP) is 2.21. The lowest BCUT2D eigenvalue weighted by Gasteiger charge is -2.16. The average Bonchev–Trinajstić information content (AvgIpc) is 1.90. The first-order valence-electron chi connectivity index (χ1n) is 3.09. The summed E-state index contributed by atoms with van der Waals surface area (Å²) >= 11 is 1.53. The molecule has 0 aromatic heterocycles. The van der Waals surface area contributed by atoms with Crippen LogP contribution in [0.4, 0.5) is 0 Å². The molecule has 0 aromatic rings. The van der Waals surface area contributed by atoms with E-state index in [0.717, 1.165) is 6.42 Å². The number of rotatable bonds is 4. The van der Waals surface area contributed by atoms with Gasteiger partial charge in [-0.15, -0.1) is 11.8 Å². The smallest absolute Gasteiger partial charge is 0.140 e. The maximum atomic E-state index is 8.31. The Labute approximate surface area is 60.5 Å². The highest BCUT2D eigenvalue weighted by Crippen LogP contribution is 2.19. The minimum atomic E-state index is -0.0602. The lowest BCUT2D eigenvalue weighted by molar-refractivity contribution is -0.262. The van der Waals surface area contributed by atoms with Crippen molar-refractivity contribution in [2.24, 2.45) is 5.92 Å². The van der Waals surface area contributed by atoms with Crippen LogP contribution in [0.1, 0.15) is 20.3 Å². The molecule has 0 aliphatic rings. The minimum absolute atomic E-state index is 0.0602. The first-order valence-corrected chi connectivity index (χ1v) is 4.38. The third kappa shape index (κ3) is 3.08. The summed E-state index contributed by atoms with van der Waals surface area (Å²) in [4.78, 5) is 4.22. The van der Waals surface area contributed by atoms with Gasteiger partial charge in [-0.2, -0.15) is 0 Å². The van der Waals surface area contributed by atoms with E-state index >= 15 is 0 Å². The third-order valence-electron chi connectivity index (χ3n) is 1.44. The molecule has 3 heteroatoms. The highest BCUT2D eigenvalue weighted by molar-refractivity contribution is 7.99. The number of hydrogen-bond donors (Lipinski definition) is 1. The van der Waals surface area contributed by atoms with Crippen LogP contribution in [0.25, 0.3) is 0 Å². The molecular weight excluding hydrogens is 136 g/mol. The monoisotopic (exact) mass is 150 g/mol. The Morgan fingerprint density at radius 3 is 2.33 bits per heavy atom. The van der Waals surface area contributed by atoms with Gasteiger partial charge in [0.1, 0.15) is 5.44 Å². The van der Waals surface area contributed by atoms with Crippen LogP contribution in [0.3, 0.4) is 0 Å². The fourth-order valence-corrected chi connectivity index (χ4v) is 1.31. The Kier molecular flexibility index (Phi) is 5.24. The second-order valence-electron chi connectivity index (χ2n) is 2.10. The van der Waals surface area contributed by atoms with Crippen molar-refractivity contribution in [1.29, 1.82) is 0 Å². The second kappa shape index (κ2) is 5.09. The first-order chi connectivity index (χ1) is 4.26. The highest BCUT2D eigenvalue weighted by Gasteiger charge is 2.13. The van der Waals surface area contributed by atoms with Crippen molar-refractivity contribution in [3.05, 3.63) is 0 Å². The van der Waals surface area contributed by atoms with E-state index in [4.69, 9.17) is 5.26 Å². The van der Waals surface area contributed by atoms with E-state index in [-0.39, 0.29) is 5.44 Å². The normalized spacial score (nSPS) is 17.3. The van der Waals surface area contributed by atoms with Crippen LogP contribution in [0, 0.1) is 5.92 Å². The van der Waals surface area contributed by atoms with Gasteiger partial charge in [-0.05, 0) is 12.2 Å². The van der Waals surface area contributed by atoms with Crippen molar-refractivity contribution in [1.82, 2.24) is 0 Å². The molecule has 0 radical (unpaired) electrons. The van der Waals surface area contributed by atoms with Crippen LogP contribution < -0.4 is 0 Å². The van der Waals surface area contributed by atoms with Crippen molar-refractivity contribution < 1.29 is 10.1 Å². The Hall–Kier alpha value is 0.270. The van der Waals surface area contributed by atoms with Crippen molar-refractivity contribution >= 4 is 11.8 Å². The summed E-state index contributed by atoms with van der Waals surface area (Å²) in [5.41, 5.74) is -0.0602. The zero-order valence-corrected chi connectivity index (χ0v) is 6.94. The Bertz CT molecular complexity index is 64.1. The molecule has 0 bridgehead atoms. The zero-order chi connectivity index (χ0) is 7.28. The van der Waals surface area contributed by atoms with Gasteiger partial charge in [0.2, 0.25) is 0 Å². The maximum absolute atomic E-state index is 8.31. The number of hydrogen-bond acceptors (Lipinski definition) is 3. The highest BCUT2D eigenvalue weighted by atomic mass is 32.2. The zero-order valence-electron chi connectivity index (χ0n) is 6.13. The van der Waals surface area contributed by atoms with E-state index in [0.29, 0.717) is 5.92 Å². The molecule has 1 N–H and O–H groups in total. The molecule has 0 aromatic carbocycles. The van der Waals surface area contributed by atoms with Crippen molar-refractivity contribution in [2.45, 2.75) is 25.7 Å². The van der Waals surface area contributed by atoms with Crippen molar-refractivity contribution in [3.8, 4) is 0 Å². The van der Waals surface area contributed by atoms with Crippen LogP contribution >= 0.6 is 11.8 Å². The Balaban J connectivity index is 3.50. The molecule has 0 amide bonds. The van der Waals surface area contributed by atoms with Crippen LogP contribution in [-0.4, -0.2) is 16.9 Å². The first kappa shape index (κ1) is 9.27. The summed E-state index contributed by atoms with van der Waals surface area (Å²) in [7, 11) is 0. The third-order valence-corrected chi connectivity index (χ3v) is 2.46. The molecule has 0 saturated carbocycles. The lowest BCUT2D eigenvalue weighted by Crippen LogP contribution is -2.15. The fourth-order valence-electron chi connectivity index (χ4n) is 0.572. The molecule has 2 unspecified atom stereocenters. The summed E-state index contributed by atoms with van der Waals surface area (Å²) in [5.74, 6) is 0.421. The van der Waals surface area contributed by atoms with Gasteiger partial charge in [0.05, 0.1) is 0 Å². The van der Waals surface area contributed by atoms with Crippen molar-refractivity contribution in [2.75, 3.05) is 6.26 Å². The van der Waals surface area contributed by atoms with Gasteiger partial charge in [-0.1, -0.05) is 20.3 Å². The van der Waals surface area contributed by atoms with Gasteiger partial charge in [0, 0.05) is 0 Å². The van der Waals surface area contributed by atoms with E-state index in [1.807, 2.05) is 6.26 Å². The topological polar surface area (TPSA) is 29.5 Å². The summed E-state index contributed by atoms with van der Waals surface area (Å²) in [6.07, 6.45) is 2.96. The van der Waals surface area contributed by atoms with Gasteiger partial charge < -0.3 is 0 Å². The molecule has 0 fully saturated rings. The fraction of sp³-hybridized carbons (Fsp3) is 1.00. The lowest BCUT2D eigenvalue weighted by atomic mass is 10.1. The molecule has 0 aliphatic heterocycles. The van der Waals surface area contributed by atoms with Crippen molar-refractivity contribution in [3.63, 3.8) is 0 Å². The number of thioether (sulfide) groups is 1. The largest absolute Gasteiger partial charge is 0.251 e. The average molecular weight is 150 g/mol. The van der Waals surface area contributed by atoms with Gasteiger partial charge >= 0.3 is 0 Å². The van der Waals surface area contributed by atoms with E-state index in [1.54, 1.807) is 0 Å². The van der Waals surface area contributed by atoms with Gasteiger partial charge in [0.25, 0.3) is 0 Å². The van der Waals surface area contributed by atoms with Gasteiger partial charge in [0.15, 0.2) is 0 Å². The molecule has 0 saturated heterocycles. The van der Waals surface area contributed by atoms with E-state index < -0.39 is 0 Å². The van der Waals surface area contributed by atoms with E-state index in [1.165, 1.54) is 11.8 Å². The van der Waals surface area contributed by atoms with Crippen LogP contribution in [0.15, 0.2) is 0 Å². The second-order valence-corrected chi connectivity index (χ2v) is 3.03. The van der Waals surface area contributed by atoms with Crippen LogP contribution in [-0.2, 0) is 4.89 Å². The standard InChI is InChI=1S/C6H14O2S/c1-4-5(2)6(8-7)9-3/h5-7H,4H2,1-3H3. The molecular formula is C6H14O2S.